The highest BCUT2D eigenvalue weighted by Crippen LogP contribution is 2.28. The summed E-state index contributed by atoms with van der Waals surface area (Å²) in [5, 5.41) is 23.3. The van der Waals surface area contributed by atoms with Gasteiger partial charge in [-0.3, -0.25) is 4.79 Å². The molecule has 0 aliphatic rings. The molecule has 0 aromatic heterocycles. The smallest absolute Gasteiger partial charge is 0.305 e. The first-order chi connectivity index (χ1) is 10.0. The number of aliphatic carboxylic acids is 1. The number of fused-ring (bicyclic) bond motifs is 1. The molecule has 0 aliphatic heterocycles. The van der Waals surface area contributed by atoms with Crippen molar-refractivity contribution in [2.24, 2.45) is 5.92 Å². The van der Waals surface area contributed by atoms with Gasteiger partial charge in [0.15, 0.2) is 0 Å². The molecule has 0 aliphatic carbocycles. The Morgan fingerprint density at radius 1 is 1.24 bits per heavy atom. The lowest BCUT2D eigenvalue weighted by atomic mass is 9.98. The molecule has 0 fully saturated rings. The zero-order valence-electron chi connectivity index (χ0n) is 12.1. The highest BCUT2D eigenvalue weighted by molar-refractivity contribution is 5.97. The Morgan fingerprint density at radius 3 is 2.48 bits per heavy atom. The molecule has 0 saturated carbocycles. The van der Waals surface area contributed by atoms with Crippen LogP contribution in [-0.4, -0.2) is 17.1 Å². The Kier molecular flexibility index (Phi) is 4.44. The molecule has 0 radical (unpaired) electrons. The van der Waals surface area contributed by atoms with E-state index in [1.54, 1.807) is 6.07 Å². The van der Waals surface area contributed by atoms with Crippen molar-refractivity contribution in [3.63, 3.8) is 0 Å². The molecule has 1 atom stereocenters. The molecule has 108 valence electrons. The number of nitrogens with zero attached hydrogens (tertiary/aromatic N) is 1. The largest absolute Gasteiger partial charge is 0.481 e. The second-order valence-corrected chi connectivity index (χ2v) is 5.41. The maximum absolute atomic E-state index is 11.0. The molecule has 2 aromatic rings. The van der Waals surface area contributed by atoms with Gasteiger partial charge in [0.2, 0.25) is 0 Å². The lowest BCUT2D eigenvalue weighted by Gasteiger charge is -2.23. The van der Waals surface area contributed by atoms with Gasteiger partial charge in [0.1, 0.15) is 0 Å². The normalized spacial score (nSPS) is 12.1. The van der Waals surface area contributed by atoms with E-state index in [0.717, 1.165) is 16.5 Å². The molecule has 0 saturated heterocycles. The average Bonchev–Trinajstić information content (AvgIpc) is 2.46. The summed E-state index contributed by atoms with van der Waals surface area (Å²) in [7, 11) is 0. The molecule has 0 amide bonds. The minimum atomic E-state index is -0.820. The van der Waals surface area contributed by atoms with E-state index >= 15 is 0 Å². The Labute approximate surface area is 124 Å². The Balaban J connectivity index is 2.43. The SMILES string of the molecule is CC(C)C(CC(=O)O)Nc1ccc(C#N)c2ccccc12. The van der Waals surface area contributed by atoms with E-state index in [0.29, 0.717) is 5.56 Å². The van der Waals surface area contributed by atoms with Crippen LogP contribution in [0.15, 0.2) is 36.4 Å². The molecule has 21 heavy (non-hydrogen) atoms. The van der Waals surface area contributed by atoms with Crippen LogP contribution in [0.25, 0.3) is 10.8 Å². The van der Waals surface area contributed by atoms with Crippen LogP contribution in [0.3, 0.4) is 0 Å². The first kappa shape index (κ1) is 14.9. The summed E-state index contributed by atoms with van der Waals surface area (Å²) in [4.78, 5) is 11.0. The summed E-state index contributed by atoms with van der Waals surface area (Å²) >= 11 is 0. The Hall–Kier alpha value is -2.54. The molecule has 2 rings (SSSR count). The summed E-state index contributed by atoms with van der Waals surface area (Å²) < 4.78 is 0. The molecule has 1 unspecified atom stereocenters. The summed E-state index contributed by atoms with van der Waals surface area (Å²) in [6, 6.07) is 13.3. The number of rotatable bonds is 5. The predicted molar refractivity (Wildman–Crippen MR) is 83.2 cm³/mol. The van der Waals surface area contributed by atoms with Crippen molar-refractivity contribution in [2.45, 2.75) is 26.3 Å². The Morgan fingerprint density at radius 2 is 1.90 bits per heavy atom. The van der Waals surface area contributed by atoms with E-state index in [1.807, 2.05) is 44.2 Å². The fourth-order valence-electron chi connectivity index (χ4n) is 2.36. The van der Waals surface area contributed by atoms with Crippen LogP contribution in [0.5, 0.6) is 0 Å². The third-order valence-corrected chi connectivity index (χ3v) is 3.58. The van der Waals surface area contributed by atoms with E-state index < -0.39 is 5.97 Å². The predicted octanol–water partition coefficient (Wildman–Crippen LogP) is 3.62. The number of anilines is 1. The van der Waals surface area contributed by atoms with Gasteiger partial charge in [0.05, 0.1) is 18.1 Å². The fourth-order valence-corrected chi connectivity index (χ4v) is 2.36. The van der Waals surface area contributed by atoms with Gasteiger partial charge in [-0.15, -0.1) is 0 Å². The number of carboxylic acid groups (broad SMARTS) is 1. The molecule has 2 N–H and O–H groups in total. The zero-order chi connectivity index (χ0) is 15.4. The van der Waals surface area contributed by atoms with Crippen molar-refractivity contribution in [2.75, 3.05) is 5.32 Å². The minimum Gasteiger partial charge on any atom is -0.481 e. The van der Waals surface area contributed by atoms with Crippen LogP contribution in [0.2, 0.25) is 0 Å². The van der Waals surface area contributed by atoms with E-state index in [-0.39, 0.29) is 18.4 Å². The van der Waals surface area contributed by atoms with Crippen molar-refractivity contribution >= 4 is 22.4 Å². The number of hydrogen-bond acceptors (Lipinski definition) is 3. The van der Waals surface area contributed by atoms with Crippen LogP contribution in [0.1, 0.15) is 25.8 Å². The van der Waals surface area contributed by atoms with Crippen LogP contribution in [0.4, 0.5) is 5.69 Å². The number of benzene rings is 2. The van der Waals surface area contributed by atoms with Crippen LogP contribution >= 0.6 is 0 Å². The molecule has 0 spiro atoms. The lowest BCUT2D eigenvalue weighted by Crippen LogP contribution is -2.28. The molecular weight excluding hydrogens is 264 g/mol. The lowest BCUT2D eigenvalue weighted by molar-refractivity contribution is -0.137. The van der Waals surface area contributed by atoms with Gasteiger partial charge >= 0.3 is 5.97 Å². The Bertz CT molecular complexity index is 701. The first-order valence-electron chi connectivity index (χ1n) is 6.93. The quantitative estimate of drug-likeness (QED) is 0.878. The highest BCUT2D eigenvalue weighted by atomic mass is 16.4. The first-order valence-corrected chi connectivity index (χ1v) is 6.93. The number of hydrogen-bond donors (Lipinski definition) is 2. The van der Waals surface area contributed by atoms with Gasteiger partial charge in [-0.1, -0.05) is 38.1 Å². The van der Waals surface area contributed by atoms with E-state index in [1.165, 1.54) is 0 Å². The molecule has 0 bridgehead atoms. The van der Waals surface area contributed by atoms with Gasteiger partial charge in [0, 0.05) is 22.5 Å². The number of carboxylic acids is 1. The van der Waals surface area contributed by atoms with Crippen LogP contribution < -0.4 is 5.32 Å². The third kappa shape index (κ3) is 3.32. The van der Waals surface area contributed by atoms with Gasteiger partial charge in [-0.25, -0.2) is 0 Å². The summed E-state index contributed by atoms with van der Waals surface area (Å²) in [6.45, 7) is 3.99. The van der Waals surface area contributed by atoms with Gasteiger partial charge < -0.3 is 10.4 Å². The number of nitrogens with one attached hydrogen (secondary N) is 1. The molecule has 2 aromatic carbocycles. The minimum absolute atomic E-state index is 0.0615. The summed E-state index contributed by atoms with van der Waals surface area (Å²) in [6.07, 6.45) is 0.0615. The second kappa shape index (κ2) is 6.27. The maximum atomic E-state index is 11.0. The summed E-state index contributed by atoms with van der Waals surface area (Å²) in [5.74, 6) is -0.630. The standard InChI is InChI=1S/C17H18N2O2/c1-11(2)16(9-17(20)21)19-15-8-7-12(10-18)13-5-3-4-6-14(13)15/h3-8,11,16,19H,9H2,1-2H3,(H,20,21). The molecule has 4 nitrogen and oxygen atoms in total. The van der Waals surface area contributed by atoms with Crippen molar-refractivity contribution in [3.05, 3.63) is 42.0 Å². The van der Waals surface area contributed by atoms with E-state index in [2.05, 4.69) is 11.4 Å². The second-order valence-electron chi connectivity index (χ2n) is 5.41. The summed E-state index contributed by atoms with van der Waals surface area (Å²) in [5.41, 5.74) is 1.49. The van der Waals surface area contributed by atoms with Crippen molar-refractivity contribution < 1.29 is 9.90 Å². The van der Waals surface area contributed by atoms with E-state index in [4.69, 9.17) is 10.4 Å². The van der Waals surface area contributed by atoms with Crippen molar-refractivity contribution in [1.82, 2.24) is 0 Å². The van der Waals surface area contributed by atoms with Crippen LogP contribution in [-0.2, 0) is 4.79 Å². The zero-order valence-corrected chi connectivity index (χ0v) is 12.1. The molecular formula is C17H18N2O2. The van der Waals surface area contributed by atoms with E-state index in [9.17, 15) is 4.79 Å². The van der Waals surface area contributed by atoms with Crippen molar-refractivity contribution in [3.8, 4) is 6.07 Å². The monoisotopic (exact) mass is 282 g/mol. The van der Waals surface area contributed by atoms with Crippen LogP contribution in [0, 0.1) is 17.2 Å². The van der Waals surface area contributed by atoms with Gasteiger partial charge in [-0.05, 0) is 18.1 Å². The fraction of sp³-hybridized carbons (Fsp3) is 0.294. The molecule has 4 heteroatoms. The highest BCUT2D eigenvalue weighted by Gasteiger charge is 2.18. The molecule has 0 heterocycles. The third-order valence-electron chi connectivity index (χ3n) is 3.58. The topological polar surface area (TPSA) is 73.1 Å². The number of nitriles is 1. The van der Waals surface area contributed by atoms with Gasteiger partial charge in [0.25, 0.3) is 0 Å². The van der Waals surface area contributed by atoms with Gasteiger partial charge in [-0.2, -0.15) is 5.26 Å². The average molecular weight is 282 g/mol. The number of carbonyl (C=O) groups is 1. The van der Waals surface area contributed by atoms with Crippen molar-refractivity contribution in [1.29, 1.82) is 5.26 Å². The maximum Gasteiger partial charge on any atom is 0.305 e.